The van der Waals surface area contributed by atoms with Crippen LogP contribution in [0, 0.1) is 11.3 Å². The molecule has 0 aromatic carbocycles. The van der Waals surface area contributed by atoms with E-state index in [4.69, 9.17) is 5.41 Å². The first-order valence-electron chi connectivity index (χ1n) is 3.28. The number of hydrogen-bond donors (Lipinski definition) is 1. The van der Waals surface area contributed by atoms with E-state index in [0.29, 0.717) is 0 Å². The fraction of sp³-hybridized carbons (Fsp3) is 0.833. The Morgan fingerprint density at radius 2 is 1.73 bits per heavy atom. The number of hydrogen-bond acceptors (Lipinski definition) is 4. The molecule has 11 heavy (non-hydrogen) atoms. The topological polar surface area (TPSA) is 59.4 Å². The van der Waals surface area contributed by atoms with Crippen molar-refractivity contribution in [1.82, 2.24) is 0 Å². The first-order chi connectivity index (χ1) is 4.98. The van der Waals surface area contributed by atoms with Crippen molar-refractivity contribution in [3.63, 3.8) is 0 Å². The van der Waals surface area contributed by atoms with Gasteiger partial charge in [-0.15, -0.1) is 0 Å². The average Bonchev–Trinajstić information content (AvgIpc) is 2.01. The van der Waals surface area contributed by atoms with Gasteiger partial charge in [0.15, 0.2) is 0 Å². The molecule has 0 fully saturated rings. The molecule has 4 nitrogen and oxygen atoms in total. The van der Waals surface area contributed by atoms with Crippen LogP contribution in [0.2, 0.25) is 0 Å². The van der Waals surface area contributed by atoms with Crippen molar-refractivity contribution >= 4 is 13.0 Å². The van der Waals surface area contributed by atoms with E-state index in [9.17, 15) is 4.57 Å². The van der Waals surface area contributed by atoms with Gasteiger partial charge in [0.1, 0.15) is 5.45 Å². The van der Waals surface area contributed by atoms with Crippen molar-refractivity contribution in [1.29, 1.82) is 5.41 Å². The van der Waals surface area contributed by atoms with E-state index in [-0.39, 0.29) is 11.4 Å². The van der Waals surface area contributed by atoms with Gasteiger partial charge in [0.25, 0.3) is 0 Å². The minimum atomic E-state index is -3.24. The van der Waals surface area contributed by atoms with Crippen LogP contribution in [-0.4, -0.2) is 19.7 Å². The molecule has 0 radical (unpaired) electrons. The van der Waals surface area contributed by atoms with Crippen LogP contribution in [0.1, 0.15) is 13.8 Å². The van der Waals surface area contributed by atoms with Gasteiger partial charge in [0.2, 0.25) is 0 Å². The lowest BCUT2D eigenvalue weighted by atomic mass is 10.2. The summed E-state index contributed by atoms with van der Waals surface area (Å²) in [5.41, 5.74) is 0.0162. The molecule has 5 heteroatoms. The smallest absolute Gasteiger partial charge is 0.308 e. The zero-order valence-electron chi connectivity index (χ0n) is 7.25. The van der Waals surface area contributed by atoms with Gasteiger partial charge in [-0.25, -0.2) is 0 Å². The Morgan fingerprint density at radius 3 is 1.82 bits per heavy atom. The molecule has 0 aliphatic rings. The summed E-state index contributed by atoms with van der Waals surface area (Å²) in [4.78, 5) is 0. The first kappa shape index (κ1) is 10.8. The van der Waals surface area contributed by atoms with Gasteiger partial charge < -0.3 is 9.05 Å². The Hall–Kier alpha value is -0.180. The van der Waals surface area contributed by atoms with E-state index >= 15 is 0 Å². The third-order valence-corrected chi connectivity index (χ3v) is 3.39. The summed E-state index contributed by atoms with van der Waals surface area (Å²) in [6.07, 6.45) is 0. The van der Waals surface area contributed by atoms with E-state index in [0.717, 1.165) is 0 Å². The van der Waals surface area contributed by atoms with Crippen molar-refractivity contribution in [2.45, 2.75) is 13.8 Å². The minimum absolute atomic E-state index is 0.0162. The van der Waals surface area contributed by atoms with Crippen molar-refractivity contribution in [3.05, 3.63) is 0 Å². The zero-order chi connectivity index (χ0) is 9.07. The molecular formula is C6H14NO3P. The second kappa shape index (κ2) is 4.00. The summed E-state index contributed by atoms with van der Waals surface area (Å²) in [7, 11) is -0.687. The van der Waals surface area contributed by atoms with Crippen LogP contribution >= 0.6 is 7.60 Å². The van der Waals surface area contributed by atoms with Crippen molar-refractivity contribution in [3.8, 4) is 0 Å². The second-order valence-electron chi connectivity index (χ2n) is 2.40. The highest BCUT2D eigenvalue weighted by molar-refractivity contribution is 7.72. The summed E-state index contributed by atoms with van der Waals surface area (Å²) in [5.74, 6) is -0.110. The van der Waals surface area contributed by atoms with Gasteiger partial charge in [-0.3, -0.25) is 9.97 Å². The Morgan fingerprint density at radius 1 is 1.36 bits per heavy atom. The van der Waals surface area contributed by atoms with Crippen molar-refractivity contribution in [2.24, 2.45) is 5.92 Å². The van der Waals surface area contributed by atoms with Gasteiger partial charge in [0.05, 0.1) is 0 Å². The van der Waals surface area contributed by atoms with Crippen molar-refractivity contribution < 1.29 is 13.6 Å². The quantitative estimate of drug-likeness (QED) is 0.531. The van der Waals surface area contributed by atoms with E-state index in [1.807, 2.05) is 0 Å². The van der Waals surface area contributed by atoms with Crippen molar-refractivity contribution in [2.75, 3.05) is 14.2 Å². The molecule has 0 unspecified atom stereocenters. The largest absolute Gasteiger partial charge is 0.374 e. The lowest BCUT2D eigenvalue weighted by molar-refractivity contribution is 0.288. The second-order valence-corrected chi connectivity index (χ2v) is 4.61. The van der Waals surface area contributed by atoms with Gasteiger partial charge in [-0.2, -0.15) is 0 Å². The molecule has 0 rings (SSSR count). The van der Waals surface area contributed by atoms with Crippen LogP contribution in [0.15, 0.2) is 0 Å². The van der Waals surface area contributed by atoms with E-state index < -0.39 is 7.60 Å². The Bertz CT molecular complexity index is 182. The minimum Gasteiger partial charge on any atom is -0.308 e. The van der Waals surface area contributed by atoms with Gasteiger partial charge in [-0.05, 0) is 0 Å². The molecule has 0 aromatic rings. The van der Waals surface area contributed by atoms with Crippen LogP contribution in [0.4, 0.5) is 0 Å². The normalized spacial score (nSPS) is 12.1. The SMILES string of the molecule is COP(=O)(OC)C(=N)C(C)C. The van der Waals surface area contributed by atoms with Crippen LogP contribution in [-0.2, 0) is 13.6 Å². The molecule has 0 aliphatic heterocycles. The molecule has 0 heterocycles. The summed E-state index contributed by atoms with van der Waals surface area (Å²) in [6.45, 7) is 3.54. The molecule has 0 atom stereocenters. The predicted molar refractivity (Wildman–Crippen MR) is 44.2 cm³/mol. The molecule has 0 saturated carbocycles. The number of rotatable bonds is 4. The standard InChI is InChI=1S/C6H14NO3P/c1-5(2)6(7)11(8,9-3)10-4/h5,7H,1-4H3. The summed E-state index contributed by atoms with van der Waals surface area (Å²) >= 11 is 0. The van der Waals surface area contributed by atoms with Gasteiger partial charge in [-0.1, -0.05) is 13.8 Å². The zero-order valence-corrected chi connectivity index (χ0v) is 8.14. The monoisotopic (exact) mass is 179 g/mol. The molecule has 0 amide bonds. The summed E-state index contributed by atoms with van der Waals surface area (Å²) in [6, 6.07) is 0. The van der Waals surface area contributed by atoms with Crippen LogP contribution in [0.25, 0.3) is 0 Å². The molecule has 0 spiro atoms. The van der Waals surface area contributed by atoms with Crippen LogP contribution < -0.4 is 0 Å². The first-order valence-corrected chi connectivity index (χ1v) is 4.82. The lowest BCUT2D eigenvalue weighted by Crippen LogP contribution is -2.09. The highest BCUT2D eigenvalue weighted by Gasteiger charge is 2.29. The predicted octanol–water partition coefficient (Wildman–Crippen LogP) is 2.11. The Labute approximate surface area is 66.9 Å². The molecular weight excluding hydrogens is 165 g/mol. The summed E-state index contributed by atoms with van der Waals surface area (Å²) in [5, 5.41) is 7.38. The highest BCUT2D eigenvalue weighted by atomic mass is 31.2. The third-order valence-electron chi connectivity index (χ3n) is 1.32. The highest BCUT2D eigenvalue weighted by Crippen LogP contribution is 2.49. The van der Waals surface area contributed by atoms with E-state index in [2.05, 4.69) is 9.05 Å². The Kier molecular flexibility index (Phi) is 3.93. The van der Waals surface area contributed by atoms with Crippen LogP contribution in [0.5, 0.6) is 0 Å². The summed E-state index contributed by atoms with van der Waals surface area (Å²) < 4.78 is 20.7. The van der Waals surface area contributed by atoms with Gasteiger partial charge in [0, 0.05) is 20.1 Å². The van der Waals surface area contributed by atoms with E-state index in [1.165, 1.54) is 14.2 Å². The maximum atomic E-state index is 11.4. The average molecular weight is 179 g/mol. The molecule has 66 valence electrons. The van der Waals surface area contributed by atoms with Crippen LogP contribution in [0.3, 0.4) is 0 Å². The number of nitrogens with one attached hydrogen (secondary N) is 1. The third kappa shape index (κ3) is 2.40. The molecule has 1 N–H and O–H groups in total. The maximum Gasteiger partial charge on any atom is 0.374 e. The maximum absolute atomic E-state index is 11.4. The Balaban J connectivity index is 4.52. The molecule has 0 bridgehead atoms. The fourth-order valence-electron chi connectivity index (χ4n) is 0.587. The van der Waals surface area contributed by atoms with Gasteiger partial charge >= 0.3 is 7.60 Å². The lowest BCUT2D eigenvalue weighted by Gasteiger charge is -2.16. The fourth-order valence-corrected chi connectivity index (χ4v) is 1.76. The molecule has 0 aliphatic carbocycles. The van der Waals surface area contributed by atoms with E-state index in [1.54, 1.807) is 13.8 Å². The molecule has 0 saturated heterocycles. The molecule has 0 aromatic heterocycles.